The van der Waals surface area contributed by atoms with E-state index in [2.05, 4.69) is 31.1 Å². The number of nitrogens with zero attached hydrogens (tertiary/aromatic N) is 2. The molecule has 0 saturated heterocycles. The van der Waals surface area contributed by atoms with E-state index in [4.69, 9.17) is 16.3 Å². The summed E-state index contributed by atoms with van der Waals surface area (Å²) in [5.74, 6) is -3.47. The van der Waals surface area contributed by atoms with Crippen molar-refractivity contribution in [3.05, 3.63) is 70.0 Å². The largest absolute Gasteiger partial charge is 0.465 e. The van der Waals surface area contributed by atoms with Crippen LogP contribution in [0.2, 0.25) is 5.02 Å². The van der Waals surface area contributed by atoms with Gasteiger partial charge in [-0.25, -0.2) is 23.4 Å². The first-order chi connectivity index (χ1) is 17.2. The van der Waals surface area contributed by atoms with E-state index in [0.717, 1.165) is 24.0 Å². The third-order valence-corrected chi connectivity index (χ3v) is 7.49. The molecular weight excluding hydrogens is 500 g/mol. The van der Waals surface area contributed by atoms with Crippen molar-refractivity contribution in [1.29, 1.82) is 0 Å². The summed E-state index contributed by atoms with van der Waals surface area (Å²) >= 11 is 6.66. The summed E-state index contributed by atoms with van der Waals surface area (Å²) in [6.45, 7) is 8.33. The number of pyridine rings is 1. The molecule has 1 fully saturated rings. The van der Waals surface area contributed by atoms with E-state index in [1.54, 1.807) is 6.20 Å². The van der Waals surface area contributed by atoms with Gasteiger partial charge in [-0.1, -0.05) is 44.5 Å². The van der Waals surface area contributed by atoms with Gasteiger partial charge in [0.15, 0.2) is 0 Å². The highest BCUT2D eigenvalue weighted by Gasteiger charge is 2.52. The van der Waals surface area contributed by atoms with Gasteiger partial charge in [0, 0.05) is 30.3 Å². The lowest BCUT2D eigenvalue weighted by atomic mass is 9.67. The van der Waals surface area contributed by atoms with E-state index in [9.17, 15) is 18.4 Å². The average molecular weight is 532 g/mol. The van der Waals surface area contributed by atoms with Crippen LogP contribution in [0.15, 0.2) is 48.3 Å². The van der Waals surface area contributed by atoms with Gasteiger partial charge >= 0.3 is 12.0 Å². The van der Waals surface area contributed by atoms with Gasteiger partial charge in [0.1, 0.15) is 5.82 Å². The molecule has 0 radical (unpaired) electrons. The molecule has 37 heavy (non-hydrogen) atoms. The quantitative estimate of drug-likeness (QED) is 0.413. The highest BCUT2D eigenvalue weighted by atomic mass is 35.5. The first kappa shape index (κ1) is 27.0. The first-order valence-electron chi connectivity index (χ1n) is 12.3. The Kier molecular flexibility index (Phi) is 7.10. The molecule has 1 unspecified atom stereocenters. The lowest BCUT2D eigenvalue weighted by Gasteiger charge is -2.47. The molecule has 1 aliphatic heterocycles. The molecule has 0 bridgehead atoms. The molecule has 2 aliphatic rings. The number of rotatable bonds is 6. The number of halogens is 3. The summed E-state index contributed by atoms with van der Waals surface area (Å²) in [5.41, 5.74) is 1.73. The molecule has 1 aromatic heterocycles. The molecule has 1 N–H and O–H groups in total. The van der Waals surface area contributed by atoms with Crippen molar-refractivity contribution < 1.29 is 23.1 Å². The molecular formula is C28H32ClF2N3O3. The van der Waals surface area contributed by atoms with Crippen LogP contribution in [-0.2, 0) is 16.7 Å². The molecule has 4 rings (SSSR count). The van der Waals surface area contributed by atoms with Crippen molar-refractivity contribution >= 4 is 29.4 Å². The number of benzene rings is 1. The number of alkyl halides is 2. The zero-order valence-corrected chi connectivity index (χ0v) is 22.5. The monoisotopic (exact) mass is 531 g/mol. The van der Waals surface area contributed by atoms with E-state index < -0.39 is 29.4 Å². The van der Waals surface area contributed by atoms with Crippen molar-refractivity contribution in [1.82, 2.24) is 10.3 Å². The summed E-state index contributed by atoms with van der Waals surface area (Å²) in [7, 11) is 1.27. The Balaban J connectivity index is 1.70. The van der Waals surface area contributed by atoms with Gasteiger partial charge in [-0.3, -0.25) is 4.90 Å². The van der Waals surface area contributed by atoms with E-state index in [0.29, 0.717) is 10.6 Å². The lowest BCUT2D eigenvalue weighted by molar-refractivity contribution is -0.102. The molecule has 1 aromatic carbocycles. The minimum Gasteiger partial charge on any atom is -0.465 e. The molecule has 2 heterocycles. The number of amides is 2. The first-order valence-corrected chi connectivity index (χ1v) is 12.6. The van der Waals surface area contributed by atoms with Crippen molar-refractivity contribution in [2.45, 2.75) is 64.8 Å². The van der Waals surface area contributed by atoms with Crippen LogP contribution in [0.4, 0.5) is 19.4 Å². The number of carbonyl (C=O) groups excluding carboxylic acids is 2. The predicted octanol–water partition coefficient (Wildman–Crippen LogP) is 6.87. The van der Waals surface area contributed by atoms with Gasteiger partial charge < -0.3 is 10.1 Å². The van der Waals surface area contributed by atoms with E-state index in [-0.39, 0.29) is 29.6 Å². The standard InChI is InChI=1S/C28H32ClF2N3O3/c1-26(2,3)11-10-17-6-8-20(12-22(17)29)27(4)21(19-13-28(30,31)14-19)16-34(25(36)33-27)23-9-7-18(15-32-23)24(35)37-5/h6-9,12,15-16,19H,10-11,13-14H2,1-5H3,(H,33,36). The molecule has 2 aromatic rings. The van der Waals surface area contributed by atoms with Gasteiger partial charge in [0.05, 0.1) is 18.2 Å². The Bertz CT molecular complexity index is 1230. The van der Waals surface area contributed by atoms with Gasteiger partial charge in [0.2, 0.25) is 5.92 Å². The zero-order chi connectivity index (χ0) is 27.2. The second kappa shape index (κ2) is 9.71. The fourth-order valence-electron chi connectivity index (χ4n) is 4.81. The van der Waals surface area contributed by atoms with E-state index >= 15 is 0 Å². The summed E-state index contributed by atoms with van der Waals surface area (Å²) in [5, 5.41) is 3.60. The number of methoxy groups -OCH3 is 1. The maximum absolute atomic E-state index is 13.9. The number of hydrogen-bond donors (Lipinski definition) is 1. The van der Waals surface area contributed by atoms with Gasteiger partial charge in [-0.2, -0.15) is 0 Å². The predicted molar refractivity (Wildman–Crippen MR) is 139 cm³/mol. The van der Waals surface area contributed by atoms with Gasteiger partial charge in [0.25, 0.3) is 0 Å². The summed E-state index contributed by atoms with van der Waals surface area (Å²) in [4.78, 5) is 30.5. The van der Waals surface area contributed by atoms with E-state index in [1.807, 2.05) is 25.1 Å². The van der Waals surface area contributed by atoms with Crippen LogP contribution in [0.25, 0.3) is 0 Å². The number of anilines is 1. The molecule has 1 saturated carbocycles. The normalized spacial score (nSPS) is 21.7. The second-order valence-electron chi connectivity index (χ2n) is 11.2. The lowest BCUT2D eigenvalue weighted by Crippen LogP contribution is -2.57. The number of hydrogen-bond acceptors (Lipinski definition) is 4. The molecule has 1 aliphatic carbocycles. The zero-order valence-electron chi connectivity index (χ0n) is 21.7. The minimum atomic E-state index is -2.74. The van der Waals surface area contributed by atoms with Gasteiger partial charge in [-0.05, 0) is 66.0 Å². The number of nitrogens with one attached hydrogen (secondary N) is 1. The number of aromatic nitrogens is 1. The fourth-order valence-corrected chi connectivity index (χ4v) is 5.09. The molecule has 2 amide bonds. The maximum atomic E-state index is 13.9. The number of ether oxygens (including phenoxy) is 1. The number of urea groups is 1. The van der Waals surface area contributed by atoms with Crippen molar-refractivity contribution in [3.63, 3.8) is 0 Å². The Morgan fingerprint density at radius 1 is 1.24 bits per heavy atom. The molecule has 198 valence electrons. The Hall–Kier alpha value is -3.00. The van der Waals surface area contributed by atoms with E-state index in [1.165, 1.54) is 30.3 Å². The van der Waals surface area contributed by atoms with Crippen LogP contribution in [0, 0.1) is 11.3 Å². The van der Waals surface area contributed by atoms with Gasteiger partial charge in [-0.15, -0.1) is 0 Å². The molecule has 0 spiro atoms. The number of esters is 1. The minimum absolute atomic E-state index is 0.156. The summed E-state index contributed by atoms with van der Waals surface area (Å²) in [6.07, 6.45) is 4.07. The SMILES string of the molecule is COC(=O)c1ccc(N2C=C(C3CC(F)(F)C3)C(C)(c3ccc(CCC(C)(C)C)c(Cl)c3)NC2=O)nc1. The molecule has 9 heteroatoms. The number of carbonyl (C=O) groups is 2. The Morgan fingerprint density at radius 2 is 1.95 bits per heavy atom. The summed E-state index contributed by atoms with van der Waals surface area (Å²) < 4.78 is 32.6. The van der Waals surface area contributed by atoms with Crippen LogP contribution in [0.5, 0.6) is 0 Å². The smallest absolute Gasteiger partial charge is 0.339 e. The topological polar surface area (TPSA) is 71.5 Å². The molecule has 6 nitrogen and oxygen atoms in total. The number of aryl methyl sites for hydroxylation is 1. The maximum Gasteiger partial charge on any atom is 0.339 e. The molecule has 1 atom stereocenters. The third kappa shape index (κ3) is 5.64. The van der Waals surface area contributed by atoms with Crippen LogP contribution in [0.1, 0.15) is 68.4 Å². The van der Waals surface area contributed by atoms with Crippen LogP contribution >= 0.6 is 11.6 Å². The Labute approximate surface area is 221 Å². The fraction of sp³-hybridized carbons (Fsp3) is 0.464. The van der Waals surface area contributed by atoms with Crippen LogP contribution < -0.4 is 10.2 Å². The average Bonchev–Trinajstić information content (AvgIpc) is 2.81. The Morgan fingerprint density at radius 3 is 2.49 bits per heavy atom. The highest BCUT2D eigenvalue weighted by molar-refractivity contribution is 6.31. The summed E-state index contributed by atoms with van der Waals surface area (Å²) in [6, 6.07) is 8.23. The van der Waals surface area contributed by atoms with Crippen molar-refractivity contribution in [2.24, 2.45) is 11.3 Å². The second-order valence-corrected chi connectivity index (χ2v) is 11.6. The third-order valence-electron chi connectivity index (χ3n) is 7.14. The highest BCUT2D eigenvalue weighted by Crippen LogP contribution is 2.52. The van der Waals surface area contributed by atoms with Crippen molar-refractivity contribution in [2.75, 3.05) is 12.0 Å². The van der Waals surface area contributed by atoms with Crippen LogP contribution in [-0.4, -0.2) is 30.0 Å². The van der Waals surface area contributed by atoms with Crippen molar-refractivity contribution in [3.8, 4) is 0 Å². The van der Waals surface area contributed by atoms with Crippen LogP contribution in [0.3, 0.4) is 0 Å².